The Morgan fingerprint density at radius 1 is 1.35 bits per heavy atom. The molecule has 1 N–H and O–H groups in total. The third-order valence-corrected chi connectivity index (χ3v) is 3.44. The second-order valence-electron chi connectivity index (χ2n) is 4.10. The van der Waals surface area contributed by atoms with Gasteiger partial charge in [0.2, 0.25) is 0 Å². The monoisotopic (exact) mass is 293 g/mol. The molecule has 0 saturated carbocycles. The van der Waals surface area contributed by atoms with Gasteiger partial charge in [0.05, 0.1) is 12.3 Å². The molecule has 0 amide bonds. The molecule has 0 bridgehead atoms. The zero-order chi connectivity index (χ0) is 12.3. The molecule has 0 fully saturated rings. The average molecular weight is 294 g/mol. The maximum atomic E-state index is 5.45. The highest BCUT2D eigenvalue weighted by molar-refractivity contribution is 9.10. The Balaban J connectivity index is 2.21. The first kappa shape index (κ1) is 12.2. The van der Waals surface area contributed by atoms with Crippen molar-refractivity contribution in [1.82, 2.24) is 0 Å². The summed E-state index contributed by atoms with van der Waals surface area (Å²) in [5.74, 6) is 0.973. The van der Waals surface area contributed by atoms with Crippen molar-refractivity contribution in [2.45, 2.75) is 26.3 Å². The van der Waals surface area contributed by atoms with Crippen molar-refractivity contribution in [2.24, 2.45) is 0 Å². The predicted octanol–water partition coefficient (Wildman–Crippen LogP) is 4.91. The Bertz CT molecular complexity index is 479. The fraction of sp³-hybridized carbons (Fsp3) is 0.286. The van der Waals surface area contributed by atoms with E-state index in [1.54, 1.807) is 6.26 Å². The Morgan fingerprint density at radius 2 is 2.18 bits per heavy atom. The van der Waals surface area contributed by atoms with Gasteiger partial charge in [-0.2, -0.15) is 0 Å². The van der Waals surface area contributed by atoms with Gasteiger partial charge < -0.3 is 9.73 Å². The van der Waals surface area contributed by atoms with Crippen LogP contribution in [-0.2, 0) is 0 Å². The molecular formula is C14H16BrNO. The molecule has 1 unspecified atom stereocenters. The maximum absolute atomic E-state index is 5.45. The number of rotatable bonds is 4. The summed E-state index contributed by atoms with van der Waals surface area (Å²) in [6.07, 6.45) is 2.69. The highest BCUT2D eigenvalue weighted by Crippen LogP contribution is 2.29. The molecule has 0 aliphatic rings. The molecule has 1 aromatic heterocycles. The number of halogens is 1. The third-order valence-electron chi connectivity index (χ3n) is 2.75. The van der Waals surface area contributed by atoms with Crippen LogP contribution in [-0.4, -0.2) is 0 Å². The normalized spacial score (nSPS) is 12.4. The minimum atomic E-state index is 0.211. The summed E-state index contributed by atoms with van der Waals surface area (Å²) < 4.78 is 6.53. The van der Waals surface area contributed by atoms with E-state index in [0.717, 1.165) is 22.3 Å². The van der Waals surface area contributed by atoms with Gasteiger partial charge in [-0.3, -0.25) is 0 Å². The summed E-state index contributed by atoms with van der Waals surface area (Å²) in [5.41, 5.74) is 2.35. The van der Waals surface area contributed by atoms with Crippen molar-refractivity contribution in [3.63, 3.8) is 0 Å². The van der Waals surface area contributed by atoms with Gasteiger partial charge in [0.15, 0.2) is 0 Å². The van der Waals surface area contributed by atoms with Crippen LogP contribution in [0.4, 0.5) is 5.69 Å². The Morgan fingerprint density at radius 3 is 2.82 bits per heavy atom. The van der Waals surface area contributed by atoms with Gasteiger partial charge in [0.1, 0.15) is 5.76 Å². The van der Waals surface area contributed by atoms with E-state index >= 15 is 0 Å². The van der Waals surface area contributed by atoms with Crippen molar-refractivity contribution in [2.75, 3.05) is 5.32 Å². The van der Waals surface area contributed by atoms with Gasteiger partial charge in [0.25, 0.3) is 0 Å². The zero-order valence-corrected chi connectivity index (χ0v) is 11.6. The highest BCUT2D eigenvalue weighted by atomic mass is 79.9. The second kappa shape index (κ2) is 5.41. The molecule has 1 atom stereocenters. The smallest absolute Gasteiger partial charge is 0.125 e. The largest absolute Gasteiger partial charge is 0.467 e. The molecule has 2 rings (SSSR count). The molecule has 0 aliphatic carbocycles. The van der Waals surface area contributed by atoms with Crippen LogP contribution in [0.2, 0.25) is 0 Å². The summed E-state index contributed by atoms with van der Waals surface area (Å²) in [4.78, 5) is 0. The molecule has 1 aromatic carbocycles. The predicted molar refractivity (Wildman–Crippen MR) is 74.2 cm³/mol. The molecule has 90 valence electrons. The van der Waals surface area contributed by atoms with E-state index in [0.29, 0.717) is 0 Å². The van der Waals surface area contributed by atoms with Crippen LogP contribution in [0.5, 0.6) is 0 Å². The van der Waals surface area contributed by atoms with E-state index < -0.39 is 0 Å². The summed E-state index contributed by atoms with van der Waals surface area (Å²) in [7, 11) is 0. The lowest BCUT2D eigenvalue weighted by atomic mass is 10.1. The molecule has 0 saturated heterocycles. The summed E-state index contributed by atoms with van der Waals surface area (Å²) in [6, 6.07) is 10.4. The topological polar surface area (TPSA) is 25.2 Å². The van der Waals surface area contributed by atoms with E-state index in [1.165, 1.54) is 5.56 Å². The lowest BCUT2D eigenvalue weighted by molar-refractivity contribution is 0.474. The number of hydrogen-bond acceptors (Lipinski definition) is 2. The lowest BCUT2D eigenvalue weighted by Gasteiger charge is -2.17. The first-order valence-corrected chi connectivity index (χ1v) is 6.56. The van der Waals surface area contributed by atoms with Gasteiger partial charge in [-0.25, -0.2) is 0 Å². The van der Waals surface area contributed by atoms with E-state index in [1.807, 2.05) is 12.1 Å². The van der Waals surface area contributed by atoms with Crippen LogP contribution in [0, 0.1) is 6.92 Å². The van der Waals surface area contributed by atoms with E-state index in [9.17, 15) is 0 Å². The van der Waals surface area contributed by atoms with Gasteiger partial charge in [0, 0.05) is 10.2 Å². The summed E-state index contributed by atoms with van der Waals surface area (Å²) in [5, 5.41) is 3.50. The first-order valence-electron chi connectivity index (χ1n) is 5.76. The molecule has 1 heterocycles. The summed E-state index contributed by atoms with van der Waals surface area (Å²) >= 11 is 3.56. The molecule has 0 aliphatic heterocycles. The lowest BCUT2D eigenvalue weighted by Crippen LogP contribution is -2.09. The van der Waals surface area contributed by atoms with Crippen LogP contribution in [0.1, 0.15) is 30.7 Å². The van der Waals surface area contributed by atoms with E-state index in [4.69, 9.17) is 4.42 Å². The van der Waals surface area contributed by atoms with Crippen LogP contribution in [0.3, 0.4) is 0 Å². The Hall–Kier alpha value is -1.22. The zero-order valence-electron chi connectivity index (χ0n) is 10.0. The van der Waals surface area contributed by atoms with Gasteiger partial charge >= 0.3 is 0 Å². The SMILES string of the molecule is CCC(Nc1cc(C)ccc1Br)c1ccco1. The van der Waals surface area contributed by atoms with Crippen molar-refractivity contribution >= 4 is 21.6 Å². The van der Waals surface area contributed by atoms with Crippen LogP contribution in [0.25, 0.3) is 0 Å². The van der Waals surface area contributed by atoms with Crippen molar-refractivity contribution < 1.29 is 4.42 Å². The fourth-order valence-corrected chi connectivity index (χ4v) is 2.16. The standard InChI is InChI=1S/C14H16BrNO/c1-3-12(14-5-4-8-17-14)16-13-9-10(2)6-7-11(13)15/h4-9,12,16H,3H2,1-2H3. The number of hydrogen-bond donors (Lipinski definition) is 1. The van der Waals surface area contributed by atoms with Gasteiger partial charge in [-0.15, -0.1) is 0 Å². The van der Waals surface area contributed by atoms with Crippen LogP contribution < -0.4 is 5.32 Å². The van der Waals surface area contributed by atoms with E-state index in [-0.39, 0.29) is 6.04 Å². The fourth-order valence-electron chi connectivity index (χ4n) is 1.80. The van der Waals surface area contributed by atoms with Gasteiger partial charge in [-0.1, -0.05) is 13.0 Å². The number of benzene rings is 1. The number of anilines is 1. The number of aryl methyl sites for hydroxylation is 1. The van der Waals surface area contributed by atoms with Crippen LogP contribution in [0.15, 0.2) is 45.5 Å². The van der Waals surface area contributed by atoms with Crippen molar-refractivity contribution in [3.8, 4) is 0 Å². The highest BCUT2D eigenvalue weighted by Gasteiger charge is 2.13. The second-order valence-corrected chi connectivity index (χ2v) is 4.96. The minimum Gasteiger partial charge on any atom is -0.467 e. The third kappa shape index (κ3) is 2.91. The number of furan rings is 1. The van der Waals surface area contributed by atoms with Gasteiger partial charge in [-0.05, 0) is 59.1 Å². The molecular weight excluding hydrogens is 278 g/mol. The molecule has 0 spiro atoms. The molecule has 2 aromatic rings. The molecule has 17 heavy (non-hydrogen) atoms. The Labute approximate surface area is 110 Å². The van der Waals surface area contributed by atoms with E-state index in [2.05, 4.69) is 53.3 Å². The quantitative estimate of drug-likeness (QED) is 0.866. The minimum absolute atomic E-state index is 0.211. The molecule has 2 nitrogen and oxygen atoms in total. The Kier molecular flexibility index (Phi) is 3.89. The maximum Gasteiger partial charge on any atom is 0.125 e. The molecule has 3 heteroatoms. The van der Waals surface area contributed by atoms with Crippen molar-refractivity contribution in [1.29, 1.82) is 0 Å². The van der Waals surface area contributed by atoms with Crippen LogP contribution >= 0.6 is 15.9 Å². The number of nitrogens with one attached hydrogen (secondary N) is 1. The molecule has 0 radical (unpaired) electrons. The average Bonchev–Trinajstić information content (AvgIpc) is 2.84. The summed E-state index contributed by atoms with van der Waals surface area (Å²) in [6.45, 7) is 4.23. The van der Waals surface area contributed by atoms with Crippen molar-refractivity contribution in [3.05, 3.63) is 52.4 Å². The first-order chi connectivity index (χ1) is 8.20.